The van der Waals surface area contributed by atoms with E-state index in [2.05, 4.69) is 10.6 Å². The van der Waals surface area contributed by atoms with Crippen LogP contribution < -0.4 is 15.4 Å². The summed E-state index contributed by atoms with van der Waals surface area (Å²) in [5.74, 6) is 0.297. The van der Waals surface area contributed by atoms with E-state index in [4.69, 9.17) is 9.47 Å². The lowest BCUT2D eigenvalue weighted by atomic mass is 10.0. The fourth-order valence-corrected chi connectivity index (χ4v) is 2.32. The Bertz CT molecular complexity index is 714. The van der Waals surface area contributed by atoms with Gasteiger partial charge in [0.05, 0.1) is 7.11 Å². The second-order valence-corrected chi connectivity index (χ2v) is 6.15. The molecule has 0 spiro atoms. The molecular weight excluding hydrogens is 332 g/mol. The van der Waals surface area contributed by atoms with E-state index in [0.29, 0.717) is 11.4 Å². The first-order valence-electron chi connectivity index (χ1n) is 8.41. The van der Waals surface area contributed by atoms with Gasteiger partial charge in [0.15, 0.2) is 0 Å². The Morgan fingerprint density at radius 3 is 2.23 bits per heavy atom. The quantitative estimate of drug-likeness (QED) is 0.795. The fraction of sp³-hybridized carbons (Fsp3) is 0.300. The molecule has 0 radical (unpaired) electrons. The Balaban J connectivity index is 1.91. The molecule has 0 fully saturated rings. The maximum Gasteiger partial charge on any atom is 0.408 e. The molecule has 0 aliphatic carbocycles. The molecule has 2 aromatic rings. The Morgan fingerprint density at radius 2 is 1.65 bits per heavy atom. The lowest BCUT2D eigenvalue weighted by molar-refractivity contribution is -0.119. The molecular formula is C20H24N2O4. The van der Waals surface area contributed by atoms with Crippen LogP contribution in [0, 0.1) is 5.92 Å². The van der Waals surface area contributed by atoms with E-state index in [1.165, 1.54) is 0 Å². The van der Waals surface area contributed by atoms with E-state index < -0.39 is 12.1 Å². The van der Waals surface area contributed by atoms with E-state index in [9.17, 15) is 9.59 Å². The molecule has 0 heterocycles. The van der Waals surface area contributed by atoms with Crippen molar-refractivity contribution in [1.82, 2.24) is 5.32 Å². The summed E-state index contributed by atoms with van der Waals surface area (Å²) >= 11 is 0. The number of hydrogen-bond acceptors (Lipinski definition) is 4. The van der Waals surface area contributed by atoms with Crippen molar-refractivity contribution >= 4 is 17.7 Å². The predicted molar refractivity (Wildman–Crippen MR) is 100 cm³/mol. The number of carbonyl (C=O) groups is 2. The largest absolute Gasteiger partial charge is 0.497 e. The molecule has 26 heavy (non-hydrogen) atoms. The Morgan fingerprint density at radius 1 is 1.00 bits per heavy atom. The standard InChI is InChI=1S/C20H24N2O4/c1-14(2)18(19(23)21-16-9-11-17(25-3)12-10-16)22-20(24)26-13-15-7-5-4-6-8-15/h4-12,14,18H,13H2,1-3H3,(H,21,23)(H,22,24)/t18-/m1/s1. The molecule has 0 aromatic heterocycles. The zero-order chi connectivity index (χ0) is 18.9. The average Bonchev–Trinajstić information content (AvgIpc) is 2.65. The minimum absolute atomic E-state index is 0.0995. The van der Waals surface area contributed by atoms with Crippen molar-refractivity contribution in [2.45, 2.75) is 26.5 Å². The van der Waals surface area contributed by atoms with E-state index in [-0.39, 0.29) is 18.4 Å². The number of rotatable bonds is 7. The van der Waals surface area contributed by atoms with Crippen molar-refractivity contribution < 1.29 is 19.1 Å². The Labute approximate surface area is 153 Å². The van der Waals surface area contributed by atoms with Gasteiger partial charge in [0, 0.05) is 5.69 Å². The van der Waals surface area contributed by atoms with Gasteiger partial charge in [0.25, 0.3) is 0 Å². The molecule has 0 bridgehead atoms. The molecule has 2 amide bonds. The van der Waals surface area contributed by atoms with Gasteiger partial charge in [-0.25, -0.2) is 4.79 Å². The summed E-state index contributed by atoms with van der Waals surface area (Å²) in [6, 6.07) is 15.6. The average molecular weight is 356 g/mol. The summed E-state index contributed by atoms with van der Waals surface area (Å²) in [5.41, 5.74) is 1.51. The molecule has 0 aliphatic rings. The van der Waals surface area contributed by atoms with E-state index in [1.807, 2.05) is 44.2 Å². The van der Waals surface area contributed by atoms with Gasteiger partial charge in [-0.05, 0) is 35.7 Å². The highest BCUT2D eigenvalue weighted by atomic mass is 16.5. The van der Waals surface area contributed by atoms with E-state index >= 15 is 0 Å². The van der Waals surface area contributed by atoms with Crippen molar-refractivity contribution in [2.75, 3.05) is 12.4 Å². The first-order chi connectivity index (χ1) is 12.5. The van der Waals surface area contributed by atoms with Crippen LogP contribution in [0.15, 0.2) is 54.6 Å². The van der Waals surface area contributed by atoms with Gasteiger partial charge in [0.2, 0.25) is 5.91 Å². The van der Waals surface area contributed by atoms with Crippen LogP contribution in [0.25, 0.3) is 0 Å². The van der Waals surface area contributed by atoms with E-state index in [0.717, 1.165) is 5.56 Å². The normalized spacial score (nSPS) is 11.5. The van der Waals surface area contributed by atoms with Crippen LogP contribution >= 0.6 is 0 Å². The highest BCUT2D eigenvalue weighted by Crippen LogP contribution is 2.16. The maximum absolute atomic E-state index is 12.5. The van der Waals surface area contributed by atoms with Crippen LogP contribution in [0.1, 0.15) is 19.4 Å². The second-order valence-electron chi connectivity index (χ2n) is 6.15. The number of ether oxygens (including phenoxy) is 2. The smallest absolute Gasteiger partial charge is 0.408 e. The zero-order valence-corrected chi connectivity index (χ0v) is 15.2. The minimum atomic E-state index is -0.708. The monoisotopic (exact) mass is 356 g/mol. The van der Waals surface area contributed by atoms with Crippen molar-refractivity contribution in [1.29, 1.82) is 0 Å². The van der Waals surface area contributed by atoms with Crippen LogP contribution in [0.5, 0.6) is 5.75 Å². The molecule has 2 rings (SSSR count). The summed E-state index contributed by atoms with van der Waals surface area (Å²) in [6.45, 7) is 3.86. The maximum atomic E-state index is 12.5. The topological polar surface area (TPSA) is 76.7 Å². The highest BCUT2D eigenvalue weighted by molar-refractivity contribution is 5.96. The third kappa shape index (κ3) is 5.81. The Kier molecular flexibility index (Phi) is 7.02. The lowest BCUT2D eigenvalue weighted by Gasteiger charge is -2.21. The van der Waals surface area contributed by atoms with Gasteiger partial charge in [-0.3, -0.25) is 4.79 Å². The number of benzene rings is 2. The zero-order valence-electron chi connectivity index (χ0n) is 15.2. The van der Waals surface area contributed by atoms with Gasteiger partial charge in [-0.1, -0.05) is 44.2 Å². The molecule has 0 aliphatic heterocycles. The highest BCUT2D eigenvalue weighted by Gasteiger charge is 2.25. The molecule has 2 aromatic carbocycles. The fourth-order valence-electron chi connectivity index (χ4n) is 2.32. The number of hydrogen-bond donors (Lipinski definition) is 2. The van der Waals surface area contributed by atoms with Gasteiger partial charge in [0.1, 0.15) is 18.4 Å². The number of amides is 2. The minimum Gasteiger partial charge on any atom is -0.497 e. The molecule has 1 atom stereocenters. The molecule has 6 nitrogen and oxygen atoms in total. The van der Waals surface area contributed by atoms with Crippen molar-refractivity contribution in [3.63, 3.8) is 0 Å². The van der Waals surface area contributed by atoms with E-state index in [1.54, 1.807) is 31.4 Å². The molecule has 0 unspecified atom stereocenters. The molecule has 138 valence electrons. The number of nitrogens with one attached hydrogen (secondary N) is 2. The second kappa shape index (κ2) is 9.46. The molecule has 6 heteroatoms. The van der Waals surface area contributed by atoms with Gasteiger partial charge in [-0.2, -0.15) is 0 Å². The van der Waals surface area contributed by atoms with Crippen LogP contribution in [-0.2, 0) is 16.1 Å². The van der Waals surface area contributed by atoms with Crippen molar-refractivity contribution in [3.8, 4) is 5.75 Å². The lowest BCUT2D eigenvalue weighted by Crippen LogP contribution is -2.47. The van der Waals surface area contributed by atoms with Crippen molar-refractivity contribution in [3.05, 3.63) is 60.2 Å². The summed E-state index contributed by atoms with van der Waals surface area (Å²) in [6.07, 6.45) is -0.627. The van der Waals surface area contributed by atoms with Crippen molar-refractivity contribution in [2.24, 2.45) is 5.92 Å². The summed E-state index contributed by atoms with van der Waals surface area (Å²) in [4.78, 5) is 24.5. The first kappa shape index (κ1) is 19.3. The SMILES string of the molecule is COc1ccc(NC(=O)[C@H](NC(=O)OCc2ccccc2)C(C)C)cc1. The third-order valence-electron chi connectivity index (χ3n) is 3.79. The number of carbonyl (C=O) groups excluding carboxylic acids is 2. The molecule has 0 saturated heterocycles. The number of alkyl carbamates (subject to hydrolysis) is 1. The van der Waals surface area contributed by atoms with Crippen LogP contribution in [0.3, 0.4) is 0 Å². The summed E-state index contributed by atoms with van der Waals surface area (Å²) in [5, 5.41) is 5.42. The third-order valence-corrected chi connectivity index (χ3v) is 3.79. The summed E-state index contributed by atoms with van der Waals surface area (Å²) in [7, 11) is 1.58. The number of anilines is 1. The van der Waals surface area contributed by atoms with Crippen LogP contribution in [-0.4, -0.2) is 25.2 Å². The van der Waals surface area contributed by atoms with Crippen LogP contribution in [0.4, 0.5) is 10.5 Å². The van der Waals surface area contributed by atoms with Gasteiger partial charge >= 0.3 is 6.09 Å². The predicted octanol–water partition coefficient (Wildman–Crippen LogP) is 3.58. The van der Waals surface area contributed by atoms with Gasteiger partial charge in [-0.15, -0.1) is 0 Å². The number of methoxy groups -OCH3 is 1. The first-order valence-corrected chi connectivity index (χ1v) is 8.41. The Hall–Kier alpha value is -3.02. The van der Waals surface area contributed by atoms with Gasteiger partial charge < -0.3 is 20.1 Å². The molecule has 0 saturated carbocycles. The molecule has 2 N–H and O–H groups in total. The summed E-state index contributed by atoms with van der Waals surface area (Å²) < 4.78 is 10.3. The van der Waals surface area contributed by atoms with Crippen LogP contribution in [0.2, 0.25) is 0 Å².